The topological polar surface area (TPSA) is 90.4 Å². The van der Waals surface area contributed by atoms with Crippen LogP contribution in [0.1, 0.15) is 22.5 Å². The molecule has 3 aromatic heterocycles. The predicted octanol–water partition coefficient (Wildman–Crippen LogP) is 7.95. The standard InChI is InChI=1S/C40H33N9/c1-28-13-17-34(18-14-28)48-26-32(43-45-48)24-47(25-33-27-49(46-44-33)35-19-15-29(2)16-20-35)36-21-22-37-38(23-36)42-40(31-11-7-4-8-12-31)39(41-37)30-9-5-3-6-10-30/h3-23,26-27H,24-25H2,1-2H3. The molecular formula is C40H33N9. The molecule has 0 fully saturated rings. The summed E-state index contributed by atoms with van der Waals surface area (Å²) in [6.45, 7) is 5.14. The molecule has 3 heterocycles. The summed E-state index contributed by atoms with van der Waals surface area (Å²) in [7, 11) is 0. The number of aryl methyl sites for hydroxylation is 2. The Balaban J connectivity index is 1.18. The van der Waals surface area contributed by atoms with Gasteiger partial charge in [0.05, 0.1) is 59.3 Å². The maximum Gasteiger partial charge on any atom is 0.102 e. The highest BCUT2D eigenvalue weighted by Crippen LogP contribution is 2.32. The fraction of sp³-hybridized carbons (Fsp3) is 0.100. The van der Waals surface area contributed by atoms with Crippen molar-refractivity contribution >= 4 is 16.7 Å². The number of hydrogen-bond acceptors (Lipinski definition) is 7. The quantitative estimate of drug-likeness (QED) is 0.158. The van der Waals surface area contributed by atoms with Crippen molar-refractivity contribution in [2.24, 2.45) is 0 Å². The molecular weight excluding hydrogens is 607 g/mol. The Labute approximate surface area is 284 Å². The number of rotatable bonds is 9. The van der Waals surface area contributed by atoms with Gasteiger partial charge in [0.2, 0.25) is 0 Å². The van der Waals surface area contributed by atoms with Crippen LogP contribution in [-0.2, 0) is 13.1 Å². The average molecular weight is 640 g/mol. The van der Waals surface area contributed by atoms with Crippen LogP contribution in [-0.4, -0.2) is 40.0 Å². The molecule has 49 heavy (non-hydrogen) atoms. The minimum Gasteiger partial charge on any atom is -0.359 e. The second kappa shape index (κ2) is 13.0. The third-order valence-corrected chi connectivity index (χ3v) is 8.49. The predicted molar refractivity (Wildman–Crippen MR) is 192 cm³/mol. The van der Waals surface area contributed by atoms with Crippen LogP contribution < -0.4 is 4.90 Å². The van der Waals surface area contributed by atoms with Crippen LogP contribution in [0.25, 0.3) is 44.9 Å². The number of nitrogens with zero attached hydrogens (tertiary/aromatic N) is 9. The van der Waals surface area contributed by atoms with Crippen molar-refractivity contribution in [2.75, 3.05) is 4.90 Å². The number of fused-ring (bicyclic) bond motifs is 1. The van der Waals surface area contributed by atoms with E-state index in [1.807, 2.05) is 88.5 Å². The van der Waals surface area contributed by atoms with E-state index in [-0.39, 0.29) is 0 Å². The van der Waals surface area contributed by atoms with E-state index in [4.69, 9.17) is 9.97 Å². The van der Waals surface area contributed by atoms with E-state index in [9.17, 15) is 0 Å². The molecule has 0 saturated heterocycles. The molecule has 0 aliphatic rings. The fourth-order valence-electron chi connectivity index (χ4n) is 5.85. The minimum atomic E-state index is 0.496. The van der Waals surface area contributed by atoms with Crippen LogP contribution in [0.5, 0.6) is 0 Å². The van der Waals surface area contributed by atoms with E-state index < -0.39 is 0 Å². The van der Waals surface area contributed by atoms with Crippen molar-refractivity contribution in [1.29, 1.82) is 0 Å². The number of hydrogen-bond donors (Lipinski definition) is 0. The first-order chi connectivity index (χ1) is 24.1. The van der Waals surface area contributed by atoms with E-state index in [2.05, 4.69) is 100 Å². The first-order valence-electron chi connectivity index (χ1n) is 16.2. The second-order valence-corrected chi connectivity index (χ2v) is 12.2. The van der Waals surface area contributed by atoms with Gasteiger partial charge in [-0.2, -0.15) is 0 Å². The lowest BCUT2D eigenvalue weighted by atomic mass is 10.0. The van der Waals surface area contributed by atoms with Gasteiger partial charge in [-0.3, -0.25) is 0 Å². The molecule has 0 radical (unpaired) electrons. The Morgan fingerprint density at radius 3 is 1.47 bits per heavy atom. The first-order valence-corrected chi connectivity index (χ1v) is 16.2. The molecule has 0 aliphatic heterocycles. The van der Waals surface area contributed by atoms with Gasteiger partial charge in [0.25, 0.3) is 0 Å². The van der Waals surface area contributed by atoms with Gasteiger partial charge in [-0.15, -0.1) is 10.2 Å². The molecule has 0 amide bonds. The molecule has 9 heteroatoms. The van der Waals surface area contributed by atoms with Gasteiger partial charge in [-0.1, -0.05) is 106 Å². The zero-order chi connectivity index (χ0) is 33.2. The fourth-order valence-corrected chi connectivity index (χ4v) is 5.85. The summed E-state index contributed by atoms with van der Waals surface area (Å²) in [6, 6.07) is 43.1. The van der Waals surface area contributed by atoms with Crippen LogP contribution >= 0.6 is 0 Å². The Morgan fingerprint density at radius 1 is 0.510 bits per heavy atom. The van der Waals surface area contributed by atoms with Crippen LogP contribution in [0.15, 0.2) is 140 Å². The van der Waals surface area contributed by atoms with Crippen molar-refractivity contribution in [3.63, 3.8) is 0 Å². The third-order valence-electron chi connectivity index (χ3n) is 8.49. The Kier molecular flexibility index (Phi) is 7.91. The smallest absolute Gasteiger partial charge is 0.102 e. The van der Waals surface area contributed by atoms with Crippen molar-refractivity contribution in [3.05, 3.63) is 162 Å². The zero-order valence-corrected chi connectivity index (χ0v) is 27.2. The highest BCUT2D eigenvalue weighted by atomic mass is 15.4. The summed E-state index contributed by atoms with van der Waals surface area (Å²) in [6.07, 6.45) is 3.95. The molecule has 9 nitrogen and oxygen atoms in total. The highest BCUT2D eigenvalue weighted by Gasteiger charge is 2.18. The lowest BCUT2D eigenvalue weighted by Crippen LogP contribution is -2.22. The number of aromatic nitrogens is 8. The Bertz CT molecular complexity index is 2260. The van der Waals surface area contributed by atoms with E-state index in [1.165, 1.54) is 11.1 Å². The molecule has 0 bridgehead atoms. The lowest BCUT2D eigenvalue weighted by Gasteiger charge is -2.23. The van der Waals surface area contributed by atoms with Gasteiger partial charge in [-0.05, 0) is 56.3 Å². The molecule has 8 rings (SSSR count). The maximum absolute atomic E-state index is 5.23. The summed E-state index contributed by atoms with van der Waals surface area (Å²) < 4.78 is 3.62. The molecule has 0 unspecified atom stereocenters. The molecule has 238 valence electrons. The van der Waals surface area contributed by atoms with Crippen LogP contribution in [0.3, 0.4) is 0 Å². The minimum absolute atomic E-state index is 0.496. The molecule has 0 atom stereocenters. The molecule has 0 saturated carbocycles. The van der Waals surface area contributed by atoms with Gasteiger partial charge in [0, 0.05) is 16.8 Å². The van der Waals surface area contributed by atoms with Crippen molar-refractivity contribution in [2.45, 2.75) is 26.9 Å². The van der Waals surface area contributed by atoms with Gasteiger partial charge in [-0.25, -0.2) is 19.3 Å². The van der Waals surface area contributed by atoms with Crippen molar-refractivity contribution in [1.82, 2.24) is 40.0 Å². The van der Waals surface area contributed by atoms with Crippen molar-refractivity contribution < 1.29 is 0 Å². The normalized spacial score (nSPS) is 11.2. The molecule has 0 spiro atoms. The number of benzene rings is 5. The summed E-state index contributed by atoms with van der Waals surface area (Å²) in [5.74, 6) is 0. The highest BCUT2D eigenvalue weighted by molar-refractivity contribution is 5.87. The summed E-state index contributed by atoms with van der Waals surface area (Å²) in [5.41, 5.74) is 12.3. The second-order valence-electron chi connectivity index (χ2n) is 12.2. The largest absolute Gasteiger partial charge is 0.359 e. The van der Waals surface area contributed by atoms with Crippen LogP contribution in [0.2, 0.25) is 0 Å². The third kappa shape index (κ3) is 6.42. The lowest BCUT2D eigenvalue weighted by molar-refractivity contribution is 0.746. The molecule has 0 N–H and O–H groups in total. The summed E-state index contributed by atoms with van der Waals surface area (Å²) in [5, 5.41) is 18.0. The zero-order valence-electron chi connectivity index (χ0n) is 27.2. The number of anilines is 1. The van der Waals surface area contributed by atoms with Gasteiger partial charge in [0.1, 0.15) is 11.4 Å². The van der Waals surface area contributed by atoms with Gasteiger partial charge < -0.3 is 4.90 Å². The first kappa shape index (κ1) is 29.9. The van der Waals surface area contributed by atoms with Crippen LogP contribution in [0.4, 0.5) is 5.69 Å². The Hall–Kier alpha value is -6.48. The SMILES string of the molecule is Cc1ccc(-n2cc(CN(Cc3cn(-c4ccc(C)cc4)nn3)c3ccc4nc(-c5ccccc5)c(-c5ccccc5)nc4c3)nn2)cc1. The van der Waals surface area contributed by atoms with E-state index in [0.29, 0.717) is 13.1 Å². The summed E-state index contributed by atoms with van der Waals surface area (Å²) >= 11 is 0. The van der Waals surface area contributed by atoms with Gasteiger partial charge in [0.15, 0.2) is 0 Å². The van der Waals surface area contributed by atoms with E-state index >= 15 is 0 Å². The van der Waals surface area contributed by atoms with Crippen molar-refractivity contribution in [3.8, 4) is 33.9 Å². The maximum atomic E-state index is 5.23. The summed E-state index contributed by atoms with van der Waals surface area (Å²) in [4.78, 5) is 12.6. The monoisotopic (exact) mass is 639 g/mol. The molecule has 5 aromatic carbocycles. The van der Waals surface area contributed by atoms with E-state index in [1.54, 1.807) is 0 Å². The molecule has 0 aliphatic carbocycles. The average Bonchev–Trinajstić information content (AvgIpc) is 3.82. The Morgan fingerprint density at radius 2 is 0.980 bits per heavy atom. The van der Waals surface area contributed by atoms with Gasteiger partial charge >= 0.3 is 0 Å². The molecule has 8 aromatic rings. The van der Waals surface area contributed by atoms with Crippen LogP contribution in [0, 0.1) is 13.8 Å². The van der Waals surface area contributed by atoms with E-state index in [0.717, 1.165) is 62.0 Å².